The van der Waals surface area contributed by atoms with E-state index >= 15 is 0 Å². The van der Waals surface area contributed by atoms with Crippen molar-refractivity contribution in [1.29, 1.82) is 5.26 Å². The molecule has 1 fully saturated rings. The molecule has 4 atom stereocenters. The second kappa shape index (κ2) is 11.1. The molecule has 4 heterocycles. The predicted molar refractivity (Wildman–Crippen MR) is 130 cm³/mol. The number of nitrogens with zero attached hydrogens (tertiary/aromatic N) is 7. The highest BCUT2D eigenvalue weighted by atomic mass is 19.4. The van der Waals surface area contributed by atoms with E-state index in [0.717, 1.165) is 16.8 Å². The molecular weight excluding hydrogens is 507 g/mol. The number of carbonyl (C=O) groups is 2. The molecule has 1 saturated heterocycles. The van der Waals surface area contributed by atoms with Crippen molar-refractivity contribution in [1.82, 2.24) is 30.2 Å². The summed E-state index contributed by atoms with van der Waals surface area (Å²) < 4.78 is 33.6. The third-order valence-electron chi connectivity index (χ3n) is 6.12. The average Bonchev–Trinajstić information content (AvgIpc) is 3.45. The number of hydrogen-bond donors (Lipinski definition) is 3. The number of rotatable bonds is 6. The number of aliphatic imine (C=N–C) groups is 2. The van der Waals surface area contributed by atoms with Crippen LogP contribution in [-0.2, 0) is 9.59 Å². The molecular formula is C23H28F3N9O3. The third-order valence-corrected chi connectivity index (χ3v) is 6.12. The average molecular weight is 536 g/mol. The van der Waals surface area contributed by atoms with Crippen LogP contribution in [0.5, 0.6) is 0 Å². The number of carbonyl (C=O) groups excluding carboxylic acids is 1. The van der Waals surface area contributed by atoms with Crippen molar-refractivity contribution in [3.05, 3.63) is 24.3 Å². The van der Waals surface area contributed by atoms with Gasteiger partial charge in [-0.1, -0.05) is 6.92 Å². The summed E-state index contributed by atoms with van der Waals surface area (Å²) in [5.41, 5.74) is 1.78. The topological polar surface area (TPSA) is 165 Å². The van der Waals surface area contributed by atoms with Gasteiger partial charge in [-0.3, -0.25) is 29.5 Å². The quantitative estimate of drug-likeness (QED) is 0.511. The van der Waals surface area contributed by atoms with Crippen LogP contribution in [0.4, 0.5) is 13.2 Å². The number of hydrogen-bond acceptors (Lipinski definition) is 8. The van der Waals surface area contributed by atoms with Crippen LogP contribution in [0.2, 0.25) is 0 Å². The molecule has 0 spiro atoms. The lowest BCUT2D eigenvalue weighted by Crippen LogP contribution is -2.68. The van der Waals surface area contributed by atoms with Gasteiger partial charge in [0.1, 0.15) is 6.17 Å². The van der Waals surface area contributed by atoms with Crippen molar-refractivity contribution in [2.75, 3.05) is 6.54 Å². The Morgan fingerprint density at radius 3 is 2.58 bits per heavy atom. The van der Waals surface area contributed by atoms with Gasteiger partial charge in [0, 0.05) is 54.5 Å². The number of halogens is 3. The molecule has 0 bridgehead atoms. The number of carboxylic acids is 1. The number of aliphatic carboxylic acids is 1. The summed E-state index contributed by atoms with van der Waals surface area (Å²) in [6.07, 6.45) is 3.57. The smallest absolute Gasteiger partial charge is 0.475 e. The van der Waals surface area contributed by atoms with E-state index < -0.39 is 23.9 Å². The van der Waals surface area contributed by atoms with Gasteiger partial charge in [0.25, 0.3) is 0 Å². The zero-order valence-corrected chi connectivity index (χ0v) is 21.1. The minimum absolute atomic E-state index is 0.0358. The standard InChI is InChI=1S/C21H27N9O.C2HF3O2/c1-13(2)27-19(31)18-21(5-6-22,24-8-7-23-18)29-11-14(3)20(29)30-12-16(9-26-30)17-10-25-28-15(17)4;3-2(4,5)1(6)7/h7-10,12-14,18,20H,5,11H2,1-4H3,(H,25,28)(H,27,31);(H,6,7). The van der Waals surface area contributed by atoms with E-state index in [2.05, 4.69) is 48.5 Å². The Balaban J connectivity index is 0.000000505. The highest BCUT2D eigenvalue weighted by Gasteiger charge is 2.56. The molecule has 204 valence electrons. The molecule has 15 heteroatoms. The maximum absolute atomic E-state index is 13.0. The lowest BCUT2D eigenvalue weighted by Gasteiger charge is -2.55. The number of carboxylic acid groups (broad SMARTS) is 1. The van der Waals surface area contributed by atoms with Crippen LogP contribution >= 0.6 is 0 Å². The summed E-state index contributed by atoms with van der Waals surface area (Å²) in [6, 6.07) is 1.40. The second-order valence-corrected chi connectivity index (χ2v) is 9.30. The zero-order chi connectivity index (χ0) is 28.3. The van der Waals surface area contributed by atoms with Gasteiger partial charge in [-0.2, -0.15) is 28.6 Å². The Labute approximate surface area is 216 Å². The fourth-order valence-corrected chi connectivity index (χ4v) is 4.45. The number of nitrogens with one attached hydrogen (secondary N) is 2. The van der Waals surface area contributed by atoms with Gasteiger partial charge in [0.15, 0.2) is 11.7 Å². The minimum Gasteiger partial charge on any atom is -0.475 e. The van der Waals surface area contributed by atoms with Crippen molar-refractivity contribution in [3.63, 3.8) is 0 Å². The molecule has 4 unspecified atom stereocenters. The monoisotopic (exact) mass is 535 g/mol. The van der Waals surface area contributed by atoms with Crippen LogP contribution in [0.15, 0.2) is 28.6 Å². The second-order valence-electron chi connectivity index (χ2n) is 9.30. The fourth-order valence-electron chi connectivity index (χ4n) is 4.45. The molecule has 2 aliphatic heterocycles. The van der Waals surface area contributed by atoms with E-state index in [4.69, 9.17) is 9.90 Å². The summed E-state index contributed by atoms with van der Waals surface area (Å²) in [5, 5.41) is 31.4. The largest absolute Gasteiger partial charge is 0.490 e. The van der Waals surface area contributed by atoms with Gasteiger partial charge >= 0.3 is 12.1 Å². The first-order valence-electron chi connectivity index (χ1n) is 11.7. The van der Waals surface area contributed by atoms with Gasteiger partial charge in [-0.25, -0.2) is 4.79 Å². The highest BCUT2D eigenvalue weighted by Crippen LogP contribution is 2.45. The number of H-pyrrole nitrogens is 1. The Kier molecular flexibility index (Phi) is 8.35. The van der Waals surface area contributed by atoms with Crippen LogP contribution in [0, 0.1) is 24.2 Å². The van der Waals surface area contributed by atoms with Crippen LogP contribution in [0.3, 0.4) is 0 Å². The molecule has 1 amide bonds. The normalized spacial score (nSPS) is 24.8. The number of alkyl halides is 3. The summed E-state index contributed by atoms with van der Waals surface area (Å²) >= 11 is 0. The molecule has 2 aliphatic rings. The molecule has 0 aliphatic carbocycles. The summed E-state index contributed by atoms with van der Waals surface area (Å²) in [6.45, 7) is 8.56. The van der Waals surface area contributed by atoms with Crippen LogP contribution in [0.1, 0.15) is 39.1 Å². The fraction of sp³-hybridized carbons (Fsp3) is 0.522. The summed E-state index contributed by atoms with van der Waals surface area (Å²) in [4.78, 5) is 33.1. The minimum atomic E-state index is -5.08. The molecule has 2 aromatic rings. The Bertz CT molecular complexity index is 1260. The molecule has 0 radical (unpaired) electrons. The van der Waals surface area contributed by atoms with Crippen molar-refractivity contribution in [2.45, 2.75) is 64.2 Å². The lowest BCUT2D eigenvalue weighted by molar-refractivity contribution is -0.192. The SMILES string of the molecule is Cc1n[nH]cc1-c1cnn(C2C(C)CN2C2(CC#N)N=CC=NC2C(=O)NC(C)C)c1.O=C(O)C(F)(F)F. The Morgan fingerprint density at radius 2 is 2.05 bits per heavy atom. The van der Waals surface area contributed by atoms with Crippen molar-refractivity contribution in [3.8, 4) is 17.2 Å². The molecule has 2 aromatic heterocycles. The van der Waals surface area contributed by atoms with Crippen LogP contribution < -0.4 is 5.32 Å². The van der Waals surface area contributed by atoms with E-state index in [1.54, 1.807) is 6.21 Å². The number of aromatic nitrogens is 4. The summed E-state index contributed by atoms with van der Waals surface area (Å²) in [5.74, 6) is -2.72. The molecule has 38 heavy (non-hydrogen) atoms. The number of likely N-dealkylation sites (tertiary alicyclic amines) is 1. The molecule has 3 N–H and O–H groups in total. The number of aromatic amines is 1. The first-order chi connectivity index (χ1) is 17.8. The van der Waals surface area contributed by atoms with E-state index in [-0.39, 0.29) is 30.5 Å². The zero-order valence-electron chi connectivity index (χ0n) is 21.1. The predicted octanol–water partition coefficient (Wildman–Crippen LogP) is 2.32. The van der Waals surface area contributed by atoms with E-state index in [9.17, 15) is 23.2 Å². The van der Waals surface area contributed by atoms with Gasteiger partial charge < -0.3 is 10.4 Å². The highest BCUT2D eigenvalue weighted by molar-refractivity contribution is 6.17. The van der Waals surface area contributed by atoms with Gasteiger partial charge in [-0.05, 0) is 20.8 Å². The number of aryl methyl sites for hydroxylation is 1. The van der Waals surface area contributed by atoms with Crippen molar-refractivity contribution < 1.29 is 27.9 Å². The van der Waals surface area contributed by atoms with Gasteiger partial charge in [0.05, 0.1) is 24.4 Å². The van der Waals surface area contributed by atoms with Gasteiger partial charge in [0.2, 0.25) is 5.91 Å². The maximum atomic E-state index is 13.0. The third kappa shape index (κ3) is 5.75. The molecule has 0 saturated carbocycles. The molecule has 0 aromatic carbocycles. The van der Waals surface area contributed by atoms with E-state index in [0.29, 0.717) is 6.54 Å². The maximum Gasteiger partial charge on any atom is 0.490 e. The van der Waals surface area contributed by atoms with E-state index in [1.807, 2.05) is 44.0 Å². The molecule has 12 nitrogen and oxygen atoms in total. The van der Waals surface area contributed by atoms with Crippen LogP contribution in [0.25, 0.3) is 11.1 Å². The lowest BCUT2D eigenvalue weighted by atomic mass is 9.85. The summed E-state index contributed by atoms with van der Waals surface area (Å²) in [7, 11) is 0. The molecule has 4 rings (SSSR count). The number of nitriles is 1. The van der Waals surface area contributed by atoms with Gasteiger partial charge in [-0.15, -0.1) is 0 Å². The van der Waals surface area contributed by atoms with Crippen molar-refractivity contribution in [2.24, 2.45) is 15.9 Å². The first kappa shape index (κ1) is 28.5. The van der Waals surface area contributed by atoms with Crippen LogP contribution in [-0.4, -0.2) is 84.8 Å². The Hall–Kier alpha value is -4.06. The first-order valence-corrected chi connectivity index (χ1v) is 11.7. The van der Waals surface area contributed by atoms with Crippen molar-refractivity contribution >= 4 is 24.3 Å². The Morgan fingerprint density at radius 1 is 1.37 bits per heavy atom. The van der Waals surface area contributed by atoms with E-state index in [1.165, 1.54) is 6.21 Å². The number of amides is 1.